The fourth-order valence-corrected chi connectivity index (χ4v) is 3.81. The second-order valence-corrected chi connectivity index (χ2v) is 7.30. The van der Waals surface area contributed by atoms with Crippen LogP contribution in [0.2, 0.25) is 0 Å². The predicted molar refractivity (Wildman–Crippen MR) is 102 cm³/mol. The van der Waals surface area contributed by atoms with E-state index in [-0.39, 0.29) is 12.1 Å². The van der Waals surface area contributed by atoms with Crippen molar-refractivity contribution >= 4 is 11.8 Å². The van der Waals surface area contributed by atoms with Gasteiger partial charge in [-0.1, -0.05) is 0 Å². The highest BCUT2D eigenvalue weighted by Gasteiger charge is 2.32. The van der Waals surface area contributed by atoms with Gasteiger partial charge in [0.1, 0.15) is 5.82 Å². The van der Waals surface area contributed by atoms with E-state index in [2.05, 4.69) is 33.5 Å². The van der Waals surface area contributed by atoms with Gasteiger partial charge in [0, 0.05) is 44.6 Å². The van der Waals surface area contributed by atoms with Crippen LogP contribution in [0.15, 0.2) is 30.7 Å². The van der Waals surface area contributed by atoms with E-state index in [1.807, 2.05) is 44.0 Å². The molecule has 2 atom stereocenters. The van der Waals surface area contributed by atoms with Crippen LogP contribution in [-0.4, -0.2) is 57.8 Å². The Bertz CT molecular complexity index is 758. The number of aromatic nitrogens is 3. The highest BCUT2D eigenvalue weighted by atomic mass is 16.2. The summed E-state index contributed by atoms with van der Waals surface area (Å²) in [5.41, 5.74) is 2.29. The van der Waals surface area contributed by atoms with Crippen LogP contribution in [0.5, 0.6) is 0 Å². The van der Waals surface area contributed by atoms with Crippen molar-refractivity contribution in [2.75, 3.05) is 32.5 Å². The van der Waals surface area contributed by atoms with E-state index < -0.39 is 0 Å². The van der Waals surface area contributed by atoms with Crippen molar-refractivity contribution in [1.82, 2.24) is 24.6 Å². The van der Waals surface area contributed by atoms with Crippen LogP contribution in [0.1, 0.15) is 30.0 Å². The standard InChI is InChI=1S/C19H28N6O/c1-14-7-8-20-17(10-14)22-19(26)24(3)12-15-6-5-9-23(2)18(15)16-11-21-25(4)13-16/h7-8,10-11,13,15,18H,5-6,9,12H2,1-4H3,(H,20,22,26)/t15-,18+/m0/s1. The second-order valence-electron chi connectivity index (χ2n) is 7.30. The molecule has 2 aromatic heterocycles. The lowest BCUT2D eigenvalue weighted by Gasteiger charge is -2.40. The number of nitrogens with zero attached hydrogens (tertiary/aromatic N) is 5. The van der Waals surface area contributed by atoms with Gasteiger partial charge in [-0.3, -0.25) is 14.9 Å². The van der Waals surface area contributed by atoms with Gasteiger partial charge in [-0.05, 0) is 57.0 Å². The SMILES string of the molecule is Cc1ccnc(NC(=O)N(C)C[C@@H]2CCCN(C)[C@H]2c2cnn(C)c2)c1. The minimum absolute atomic E-state index is 0.124. The topological polar surface area (TPSA) is 66.3 Å². The Morgan fingerprint density at radius 2 is 2.23 bits per heavy atom. The Balaban J connectivity index is 1.67. The number of urea groups is 1. The minimum Gasteiger partial charge on any atom is -0.327 e. The molecule has 0 aliphatic carbocycles. The van der Waals surface area contributed by atoms with Crippen molar-refractivity contribution in [2.45, 2.75) is 25.8 Å². The maximum Gasteiger partial charge on any atom is 0.322 e. The minimum atomic E-state index is -0.124. The maximum absolute atomic E-state index is 12.6. The van der Waals surface area contributed by atoms with E-state index in [1.54, 1.807) is 11.1 Å². The molecule has 1 aliphatic heterocycles. The molecule has 0 saturated carbocycles. The molecule has 1 N–H and O–H groups in total. The Kier molecular flexibility index (Phi) is 5.56. The summed E-state index contributed by atoms with van der Waals surface area (Å²) in [6, 6.07) is 3.94. The highest BCUT2D eigenvalue weighted by Crippen LogP contribution is 2.35. The lowest BCUT2D eigenvalue weighted by Crippen LogP contribution is -2.43. The largest absolute Gasteiger partial charge is 0.327 e. The molecule has 1 fully saturated rings. The first-order chi connectivity index (χ1) is 12.4. The average molecular weight is 356 g/mol. The number of hydrogen-bond donors (Lipinski definition) is 1. The van der Waals surface area contributed by atoms with Gasteiger partial charge in [0.25, 0.3) is 0 Å². The lowest BCUT2D eigenvalue weighted by molar-refractivity contribution is 0.101. The molecule has 1 saturated heterocycles. The van der Waals surface area contributed by atoms with E-state index in [9.17, 15) is 4.79 Å². The third-order valence-corrected chi connectivity index (χ3v) is 5.08. The number of pyridine rings is 1. The zero-order valence-electron chi connectivity index (χ0n) is 16.0. The van der Waals surface area contributed by atoms with Crippen LogP contribution in [0.25, 0.3) is 0 Å². The van der Waals surface area contributed by atoms with Crippen LogP contribution in [-0.2, 0) is 7.05 Å². The molecule has 1 aliphatic rings. The molecule has 7 heteroatoms. The Hall–Kier alpha value is -2.41. The molecule has 3 heterocycles. The van der Waals surface area contributed by atoms with Gasteiger partial charge in [-0.25, -0.2) is 9.78 Å². The van der Waals surface area contributed by atoms with Crippen molar-refractivity contribution in [2.24, 2.45) is 13.0 Å². The summed E-state index contributed by atoms with van der Waals surface area (Å²) in [5.74, 6) is 0.964. The average Bonchev–Trinajstić information content (AvgIpc) is 3.01. The van der Waals surface area contributed by atoms with Crippen molar-refractivity contribution in [3.05, 3.63) is 41.9 Å². The number of carbonyl (C=O) groups excluding carboxylic acids is 1. The van der Waals surface area contributed by atoms with Gasteiger partial charge in [-0.2, -0.15) is 5.10 Å². The molecule has 0 aromatic carbocycles. The van der Waals surface area contributed by atoms with E-state index in [0.29, 0.717) is 18.3 Å². The molecular formula is C19H28N6O. The van der Waals surface area contributed by atoms with Gasteiger partial charge in [0.2, 0.25) is 0 Å². The third-order valence-electron chi connectivity index (χ3n) is 5.08. The van der Waals surface area contributed by atoms with E-state index in [0.717, 1.165) is 24.9 Å². The summed E-state index contributed by atoms with van der Waals surface area (Å²) in [6.45, 7) is 3.75. The number of hydrogen-bond acceptors (Lipinski definition) is 4. The van der Waals surface area contributed by atoms with Gasteiger partial charge < -0.3 is 4.90 Å². The zero-order valence-corrected chi connectivity index (χ0v) is 16.0. The fourth-order valence-electron chi connectivity index (χ4n) is 3.81. The van der Waals surface area contributed by atoms with Crippen LogP contribution < -0.4 is 5.32 Å². The molecule has 7 nitrogen and oxygen atoms in total. The molecule has 3 rings (SSSR count). The van der Waals surface area contributed by atoms with Crippen LogP contribution in [0.4, 0.5) is 10.6 Å². The summed E-state index contributed by atoms with van der Waals surface area (Å²) in [6.07, 6.45) is 7.98. The third kappa shape index (κ3) is 4.22. The van der Waals surface area contributed by atoms with Gasteiger partial charge in [-0.15, -0.1) is 0 Å². The Morgan fingerprint density at radius 3 is 2.92 bits per heavy atom. The van der Waals surface area contributed by atoms with Crippen molar-refractivity contribution in [3.8, 4) is 0 Å². The van der Waals surface area contributed by atoms with Crippen LogP contribution in [0, 0.1) is 12.8 Å². The number of carbonyl (C=O) groups is 1. The van der Waals surface area contributed by atoms with Gasteiger partial charge in [0.15, 0.2) is 0 Å². The van der Waals surface area contributed by atoms with Gasteiger partial charge in [0.05, 0.1) is 6.20 Å². The number of piperidine rings is 1. The van der Waals surface area contributed by atoms with Crippen molar-refractivity contribution < 1.29 is 4.79 Å². The molecule has 0 spiro atoms. The van der Waals surface area contributed by atoms with Crippen molar-refractivity contribution in [1.29, 1.82) is 0 Å². The van der Waals surface area contributed by atoms with Crippen LogP contribution in [0.3, 0.4) is 0 Å². The number of anilines is 1. The smallest absolute Gasteiger partial charge is 0.322 e. The summed E-state index contributed by atoms with van der Waals surface area (Å²) < 4.78 is 1.84. The normalized spacial score (nSPS) is 20.8. The monoisotopic (exact) mass is 356 g/mol. The number of likely N-dealkylation sites (tertiary alicyclic amines) is 1. The number of nitrogens with one attached hydrogen (secondary N) is 1. The quantitative estimate of drug-likeness (QED) is 0.915. The van der Waals surface area contributed by atoms with Crippen LogP contribution >= 0.6 is 0 Å². The molecule has 2 aromatic rings. The van der Waals surface area contributed by atoms with Gasteiger partial charge >= 0.3 is 6.03 Å². The summed E-state index contributed by atoms with van der Waals surface area (Å²) in [4.78, 5) is 20.9. The molecule has 140 valence electrons. The Morgan fingerprint density at radius 1 is 1.42 bits per heavy atom. The predicted octanol–water partition coefficient (Wildman–Crippen LogP) is 2.67. The number of rotatable bonds is 4. The molecule has 0 unspecified atom stereocenters. The summed E-state index contributed by atoms with van der Waals surface area (Å²) >= 11 is 0. The zero-order chi connectivity index (χ0) is 18.7. The van der Waals surface area contributed by atoms with E-state index >= 15 is 0 Å². The first-order valence-electron chi connectivity index (χ1n) is 9.07. The molecule has 0 radical (unpaired) electrons. The lowest BCUT2D eigenvalue weighted by atomic mass is 9.86. The number of aryl methyl sites for hydroxylation is 2. The molecule has 26 heavy (non-hydrogen) atoms. The van der Waals surface area contributed by atoms with Crippen molar-refractivity contribution in [3.63, 3.8) is 0 Å². The Labute approximate surface area is 155 Å². The molecule has 2 amide bonds. The summed E-state index contributed by atoms with van der Waals surface area (Å²) in [7, 11) is 5.94. The fraction of sp³-hybridized carbons (Fsp3) is 0.526. The summed E-state index contributed by atoms with van der Waals surface area (Å²) in [5, 5.41) is 7.22. The molecule has 0 bridgehead atoms. The van der Waals surface area contributed by atoms with E-state index in [4.69, 9.17) is 0 Å². The van der Waals surface area contributed by atoms with E-state index in [1.165, 1.54) is 5.56 Å². The second kappa shape index (κ2) is 7.86. The first-order valence-corrected chi connectivity index (χ1v) is 9.07. The maximum atomic E-state index is 12.6. The number of amides is 2. The highest BCUT2D eigenvalue weighted by molar-refractivity contribution is 5.88. The molecular weight excluding hydrogens is 328 g/mol. The first kappa shape index (κ1) is 18.4.